The van der Waals surface area contributed by atoms with Crippen molar-refractivity contribution in [3.05, 3.63) is 65.9 Å². The summed E-state index contributed by atoms with van der Waals surface area (Å²) in [5.41, 5.74) is 2.71. The van der Waals surface area contributed by atoms with Gasteiger partial charge in [-0.15, -0.1) is 0 Å². The summed E-state index contributed by atoms with van der Waals surface area (Å²) in [4.78, 5) is 36.1. The van der Waals surface area contributed by atoms with E-state index in [-0.39, 0.29) is 18.5 Å². The minimum absolute atomic E-state index is 0.0525. The van der Waals surface area contributed by atoms with E-state index in [0.717, 1.165) is 37.2 Å². The van der Waals surface area contributed by atoms with E-state index < -0.39 is 5.54 Å². The van der Waals surface area contributed by atoms with Crippen LogP contribution in [0.1, 0.15) is 44.2 Å². The Morgan fingerprint density at radius 1 is 1.08 bits per heavy atom. The molecule has 2 fully saturated rings. The van der Waals surface area contributed by atoms with Crippen LogP contribution in [-0.4, -0.2) is 69.9 Å². The van der Waals surface area contributed by atoms with Gasteiger partial charge in [0.25, 0.3) is 5.91 Å². The fourth-order valence-corrected chi connectivity index (χ4v) is 6.02. The molecular weight excluding hydrogens is 452 g/mol. The second-order valence-electron chi connectivity index (χ2n) is 10.1. The Balaban J connectivity index is 1.24. The Hall–Kier alpha value is -3.32. The molecule has 0 radical (unpaired) electrons. The Morgan fingerprint density at radius 3 is 2.61 bits per heavy atom. The molecule has 0 aliphatic carbocycles. The number of rotatable bonds is 8. The SMILES string of the molecule is CCN1C(=O)N(Cc2cccc(OC)c2)C(=O)C12CCN([C@H](C)CCc1c[nH]c3ccccc13)CC2. The number of fused-ring (bicyclic) bond motifs is 1. The van der Waals surface area contributed by atoms with Gasteiger partial charge in [0.2, 0.25) is 0 Å². The molecule has 2 saturated heterocycles. The van der Waals surface area contributed by atoms with Crippen LogP contribution in [0.2, 0.25) is 0 Å². The number of ether oxygens (including phenoxy) is 1. The number of piperidine rings is 1. The number of hydrogen-bond donors (Lipinski definition) is 1. The van der Waals surface area contributed by atoms with Crippen molar-refractivity contribution in [2.24, 2.45) is 0 Å². The number of amides is 3. The van der Waals surface area contributed by atoms with E-state index in [1.54, 1.807) is 7.11 Å². The van der Waals surface area contributed by atoms with Crippen molar-refractivity contribution in [3.8, 4) is 5.75 Å². The normalized spacial score (nSPS) is 19.0. The maximum atomic E-state index is 13.7. The van der Waals surface area contributed by atoms with Gasteiger partial charge in [-0.2, -0.15) is 0 Å². The third kappa shape index (κ3) is 4.26. The van der Waals surface area contributed by atoms with Gasteiger partial charge in [0.05, 0.1) is 13.7 Å². The summed E-state index contributed by atoms with van der Waals surface area (Å²) in [6.45, 7) is 6.70. The maximum absolute atomic E-state index is 13.7. The second kappa shape index (κ2) is 9.97. The number of methoxy groups -OCH3 is 1. The fraction of sp³-hybridized carbons (Fsp3) is 0.448. The molecule has 3 amide bonds. The average molecular weight is 489 g/mol. The molecule has 1 atom stereocenters. The van der Waals surface area contributed by atoms with Gasteiger partial charge in [0.15, 0.2) is 0 Å². The Bertz CT molecular complexity index is 1240. The van der Waals surface area contributed by atoms with Gasteiger partial charge in [-0.05, 0) is 68.9 Å². The van der Waals surface area contributed by atoms with E-state index in [1.807, 2.05) is 36.1 Å². The molecule has 3 heterocycles. The number of likely N-dealkylation sites (N-methyl/N-ethyl adjacent to an activating group) is 1. The first kappa shape index (κ1) is 24.4. The van der Waals surface area contributed by atoms with Crippen molar-refractivity contribution < 1.29 is 14.3 Å². The smallest absolute Gasteiger partial charge is 0.327 e. The summed E-state index contributed by atoms with van der Waals surface area (Å²) in [5, 5.41) is 1.30. The lowest BCUT2D eigenvalue weighted by Gasteiger charge is -2.43. The second-order valence-corrected chi connectivity index (χ2v) is 10.1. The number of hydrogen-bond acceptors (Lipinski definition) is 4. The number of carbonyl (C=O) groups excluding carboxylic acids is 2. The quantitative estimate of drug-likeness (QED) is 0.462. The Kier molecular flexibility index (Phi) is 6.75. The van der Waals surface area contributed by atoms with Crippen molar-refractivity contribution in [2.45, 2.75) is 57.7 Å². The average Bonchev–Trinajstić information content (AvgIpc) is 3.40. The number of H-pyrrole nitrogens is 1. The molecule has 3 aromatic rings. The number of aromatic nitrogens is 1. The molecule has 7 heteroatoms. The zero-order valence-corrected chi connectivity index (χ0v) is 21.5. The van der Waals surface area contributed by atoms with Crippen molar-refractivity contribution in [2.75, 3.05) is 26.7 Å². The molecule has 36 heavy (non-hydrogen) atoms. The van der Waals surface area contributed by atoms with Gasteiger partial charge in [-0.25, -0.2) is 4.79 Å². The number of para-hydroxylation sites is 1. The van der Waals surface area contributed by atoms with E-state index in [1.165, 1.54) is 21.4 Å². The van der Waals surface area contributed by atoms with E-state index in [9.17, 15) is 9.59 Å². The van der Waals surface area contributed by atoms with E-state index in [4.69, 9.17) is 4.74 Å². The first-order valence-electron chi connectivity index (χ1n) is 13.0. The number of likely N-dealkylation sites (tertiary alicyclic amines) is 1. The minimum atomic E-state index is -0.724. The van der Waals surface area contributed by atoms with Crippen LogP contribution in [0.25, 0.3) is 10.9 Å². The maximum Gasteiger partial charge on any atom is 0.327 e. The molecule has 2 aromatic carbocycles. The van der Waals surface area contributed by atoms with Crippen molar-refractivity contribution in [1.82, 2.24) is 19.7 Å². The monoisotopic (exact) mass is 488 g/mol. The van der Waals surface area contributed by atoms with Crippen molar-refractivity contribution in [3.63, 3.8) is 0 Å². The lowest BCUT2D eigenvalue weighted by molar-refractivity contribution is -0.136. The third-order valence-electron chi connectivity index (χ3n) is 8.17. The number of aromatic amines is 1. The van der Waals surface area contributed by atoms with E-state index in [0.29, 0.717) is 25.4 Å². The predicted octanol–water partition coefficient (Wildman–Crippen LogP) is 4.82. The Morgan fingerprint density at radius 2 is 1.86 bits per heavy atom. The molecule has 0 saturated carbocycles. The summed E-state index contributed by atoms with van der Waals surface area (Å²) in [6.07, 6.45) is 5.55. The predicted molar refractivity (Wildman–Crippen MR) is 141 cm³/mol. The summed E-state index contributed by atoms with van der Waals surface area (Å²) in [7, 11) is 1.62. The fourth-order valence-electron chi connectivity index (χ4n) is 6.02. The van der Waals surface area contributed by atoms with E-state index >= 15 is 0 Å². The summed E-state index contributed by atoms with van der Waals surface area (Å²) >= 11 is 0. The van der Waals surface area contributed by atoms with Gasteiger partial charge in [0, 0.05) is 42.8 Å². The van der Waals surface area contributed by atoms with Crippen LogP contribution in [0.3, 0.4) is 0 Å². The van der Waals surface area contributed by atoms with Crippen LogP contribution < -0.4 is 4.74 Å². The summed E-state index contributed by atoms with van der Waals surface area (Å²) in [6, 6.07) is 16.2. The highest BCUT2D eigenvalue weighted by Gasteiger charge is 2.57. The topological polar surface area (TPSA) is 68.9 Å². The van der Waals surface area contributed by atoms with Crippen LogP contribution in [0.4, 0.5) is 4.79 Å². The number of carbonyl (C=O) groups is 2. The van der Waals surface area contributed by atoms with Gasteiger partial charge in [-0.3, -0.25) is 9.69 Å². The van der Waals surface area contributed by atoms with Crippen LogP contribution in [0, 0.1) is 0 Å². The first-order chi connectivity index (χ1) is 17.5. The molecule has 0 unspecified atom stereocenters. The molecule has 0 bridgehead atoms. The molecule has 7 nitrogen and oxygen atoms in total. The number of imide groups is 1. The van der Waals surface area contributed by atoms with Crippen molar-refractivity contribution >= 4 is 22.8 Å². The summed E-state index contributed by atoms with van der Waals surface area (Å²) in [5.74, 6) is 0.673. The number of nitrogens with zero attached hydrogens (tertiary/aromatic N) is 3. The summed E-state index contributed by atoms with van der Waals surface area (Å²) < 4.78 is 5.32. The van der Waals surface area contributed by atoms with Gasteiger partial charge < -0.3 is 19.5 Å². The molecule has 5 rings (SSSR count). The highest BCUT2D eigenvalue weighted by Crippen LogP contribution is 2.38. The standard InChI is InChI=1S/C29H36N4O3/c1-4-33-28(35)32(20-22-8-7-9-24(18-22)36-3)27(34)29(33)14-16-31(17-15-29)21(2)12-13-23-19-30-26-11-6-5-10-25(23)26/h5-11,18-19,21,30H,4,12-17,20H2,1-3H3/t21-/m1/s1. The van der Waals surface area contributed by atoms with Crippen LogP contribution in [0.15, 0.2) is 54.7 Å². The molecule has 2 aliphatic heterocycles. The molecule has 1 N–H and O–H groups in total. The van der Waals surface area contributed by atoms with Crippen LogP contribution in [0.5, 0.6) is 5.75 Å². The third-order valence-corrected chi connectivity index (χ3v) is 8.17. The molecular formula is C29H36N4O3. The zero-order chi connectivity index (χ0) is 25.3. The molecule has 1 spiro atoms. The lowest BCUT2D eigenvalue weighted by atomic mass is 9.85. The number of aryl methyl sites for hydroxylation is 1. The van der Waals surface area contributed by atoms with Crippen molar-refractivity contribution in [1.29, 1.82) is 0 Å². The number of nitrogens with one attached hydrogen (secondary N) is 1. The number of urea groups is 1. The van der Waals surface area contributed by atoms with Gasteiger partial charge in [0.1, 0.15) is 11.3 Å². The minimum Gasteiger partial charge on any atom is -0.497 e. The first-order valence-corrected chi connectivity index (χ1v) is 13.0. The lowest BCUT2D eigenvalue weighted by Crippen LogP contribution is -2.57. The largest absolute Gasteiger partial charge is 0.497 e. The zero-order valence-electron chi connectivity index (χ0n) is 21.5. The van der Waals surface area contributed by atoms with Crippen LogP contribution in [-0.2, 0) is 17.8 Å². The number of benzene rings is 2. The van der Waals surface area contributed by atoms with Gasteiger partial charge in [-0.1, -0.05) is 30.3 Å². The molecule has 2 aliphatic rings. The van der Waals surface area contributed by atoms with Gasteiger partial charge >= 0.3 is 6.03 Å². The molecule has 190 valence electrons. The molecule has 1 aromatic heterocycles. The van der Waals surface area contributed by atoms with Crippen LogP contribution >= 0.6 is 0 Å². The Labute approximate surface area is 213 Å². The highest BCUT2D eigenvalue weighted by molar-refractivity contribution is 6.07. The van der Waals surface area contributed by atoms with E-state index in [2.05, 4.69) is 47.3 Å². The highest BCUT2D eigenvalue weighted by atomic mass is 16.5.